The monoisotopic (exact) mass is 805 g/mol. The number of hydrogen-bond acceptors (Lipinski definition) is 6. The van der Waals surface area contributed by atoms with Gasteiger partial charge in [0.25, 0.3) is 0 Å². The number of aromatic nitrogens is 5. The van der Waals surface area contributed by atoms with Crippen LogP contribution in [-0.4, -0.2) is 24.9 Å². The fraction of sp³-hybridized carbons (Fsp3) is 0. The van der Waals surface area contributed by atoms with Crippen molar-refractivity contribution in [2.24, 2.45) is 0 Å². The summed E-state index contributed by atoms with van der Waals surface area (Å²) in [5, 5.41) is 2.12. The maximum Gasteiger partial charge on any atom is 0.164 e. The molecule has 0 unspecified atom stereocenters. The van der Waals surface area contributed by atoms with Gasteiger partial charge in [-0.05, 0) is 69.3 Å². The number of fused-ring (bicyclic) bond motifs is 5. The highest BCUT2D eigenvalue weighted by molar-refractivity contribution is 6.10. The predicted molar refractivity (Wildman–Crippen MR) is 256 cm³/mol. The first-order chi connectivity index (χ1) is 31.2. The molecule has 6 heteroatoms. The quantitative estimate of drug-likeness (QED) is 0.149. The van der Waals surface area contributed by atoms with Gasteiger partial charge in [-0.15, -0.1) is 0 Å². The minimum absolute atomic E-state index is 0.621. The largest absolute Gasteiger partial charge is 0.456 e. The Hall–Kier alpha value is -8.61. The van der Waals surface area contributed by atoms with Crippen LogP contribution in [0.5, 0.6) is 0 Å². The van der Waals surface area contributed by atoms with Crippen LogP contribution in [0.1, 0.15) is 0 Å². The highest BCUT2D eigenvalue weighted by Crippen LogP contribution is 2.36. The number of hydrogen-bond donors (Lipinski definition) is 0. The summed E-state index contributed by atoms with van der Waals surface area (Å²) in [6.45, 7) is 0. The molecule has 0 aliphatic rings. The zero-order valence-corrected chi connectivity index (χ0v) is 33.9. The van der Waals surface area contributed by atoms with Gasteiger partial charge in [0.15, 0.2) is 17.5 Å². The summed E-state index contributed by atoms with van der Waals surface area (Å²) in [6, 6.07) is 73.1. The van der Waals surface area contributed by atoms with Crippen LogP contribution in [0.3, 0.4) is 0 Å². The fourth-order valence-corrected chi connectivity index (χ4v) is 8.50. The molecule has 0 radical (unpaired) electrons. The van der Waals surface area contributed by atoms with Gasteiger partial charge in [0.1, 0.15) is 11.2 Å². The number of nitrogens with zero attached hydrogens (tertiary/aromatic N) is 5. The van der Waals surface area contributed by atoms with Gasteiger partial charge in [0.05, 0.1) is 22.1 Å². The Balaban J connectivity index is 0.860. The molecule has 0 N–H and O–H groups in total. The molecule has 12 rings (SSSR count). The molecule has 3 heterocycles. The van der Waals surface area contributed by atoms with Crippen molar-refractivity contribution in [1.29, 1.82) is 0 Å². The Labute approximate surface area is 362 Å². The smallest absolute Gasteiger partial charge is 0.164 e. The van der Waals surface area contributed by atoms with Gasteiger partial charge < -0.3 is 4.42 Å². The molecule has 0 bridgehead atoms. The summed E-state index contributed by atoms with van der Waals surface area (Å²) in [5.74, 6) is 1.88. The van der Waals surface area contributed by atoms with Gasteiger partial charge in [0.2, 0.25) is 0 Å². The molecule has 3 aromatic heterocycles. The Morgan fingerprint density at radius 1 is 0.254 bits per heavy atom. The van der Waals surface area contributed by atoms with Crippen LogP contribution in [0.15, 0.2) is 217 Å². The third-order valence-electron chi connectivity index (χ3n) is 11.7. The van der Waals surface area contributed by atoms with Crippen molar-refractivity contribution >= 4 is 44.0 Å². The molecule has 9 aromatic carbocycles. The molecule has 12 aromatic rings. The molecule has 0 saturated carbocycles. The minimum Gasteiger partial charge on any atom is -0.456 e. The second kappa shape index (κ2) is 15.1. The van der Waals surface area contributed by atoms with Crippen molar-refractivity contribution in [3.8, 4) is 78.7 Å². The van der Waals surface area contributed by atoms with Gasteiger partial charge in [-0.1, -0.05) is 176 Å². The molecule has 294 valence electrons. The van der Waals surface area contributed by atoms with E-state index in [0.29, 0.717) is 17.5 Å². The Morgan fingerprint density at radius 2 is 0.730 bits per heavy atom. The van der Waals surface area contributed by atoms with Crippen molar-refractivity contribution < 1.29 is 4.42 Å². The lowest BCUT2D eigenvalue weighted by molar-refractivity contribution is 0.669. The molecule has 0 amide bonds. The summed E-state index contributed by atoms with van der Waals surface area (Å²) >= 11 is 0. The average Bonchev–Trinajstić information content (AvgIpc) is 3.72. The van der Waals surface area contributed by atoms with Crippen molar-refractivity contribution in [2.45, 2.75) is 0 Å². The van der Waals surface area contributed by atoms with Crippen LogP contribution < -0.4 is 0 Å². The summed E-state index contributed by atoms with van der Waals surface area (Å²) in [7, 11) is 0. The lowest BCUT2D eigenvalue weighted by Gasteiger charge is -2.11. The molecule has 0 aliphatic heterocycles. The SMILES string of the molecule is c1ccc(-c2ccc(-c3nc(-c4ccccc4)nc(-c4cccc(-c5ccc(-c6cccc(-c7cccc8nc9cc%10oc%11ccccc%11c%10cc9nc78)c6)cc5)c4)n3)cc2)cc1. The van der Waals surface area contributed by atoms with Crippen LogP contribution in [0.25, 0.3) is 123 Å². The summed E-state index contributed by atoms with van der Waals surface area (Å²) in [6.07, 6.45) is 0. The molecular weight excluding hydrogens is 771 g/mol. The Bertz CT molecular complexity index is 3660. The summed E-state index contributed by atoms with van der Waals surface area (Å²) in [5.41, 5.74) is 16.7. The van der Waals surface area contributed by atoms with Crippen LogP contribution in [0, 0.1) is 0 Å². The first-order valence-corrected chi connectivity index (χ1v) is 21.0. The maximum absolute atomic E-state index is 6.15. The van der Waals surface area contributed by atoms with E-state index in [2.05, 4.69) is 146 Å². The topological polar surface area (TPSA) is 77.6 Å². The molecule has 0 saturated heterocycles. The number of furan rings is 1. The third-order valence-corrected chi connectivity index (χ3v) is 11.7. The van der Waals surface area contributed by atoms with E-state index in [0.717, 1.165) is 99.6 Å². The van der Waals surface area contributed by atoms with E-state index in [-0.39, 0.29) is 0 Å². The molecular formula is C57H35N5O. The van der Waals surface area contributed by atoms with Crippen LogP contribution in [-0.2, 0) is 0 Å². The second-order valence-electron chi connectivity index (χ2n) is 15.7. The van der Waals surface area contributed by atoms with E-state index in [1.54, 1.807) is 0 Å². The fourth-order valence-electron chi connectivity index (χ4n) is 8.50. The number of para-hydroxylation sites is 2. The molecule has 0 atom stereocenters. The molecule has 0 fully saturated rings. The van der Waals surface area contributed by atoms with Crippen LogP contribution in [0.4, 0.5) is 0 Å². The van der Waals surface area contributed by atoms with E-state index in [9.17, 15) is 0 Å². The van der Waals surface area contributed by atoms with Gasteiger partial charge in [-0.2, -0.15) is 0 Å². The lowest BCUT2D eigenvalue weighted by atomic mass is 9.96. The van der Waals surface area contributed by atoms with Crippen molar-refractivity contribution in [2.75, 3.05) is 0 Å². The van der Waals surface area contributed by atoms with Gasteiger partial charge >= 0.3 is 0 Å². The van der Waals surface area contributed by atoms with E-state index in [1.807, 2.05) is 66.7 Å². The van der Waals surface area contributed by atoms with Gasteiger partial charge in [-0.3, -0.25) is 0 Å². The maximum atomic E-state index is 6.15. The summed E-state index contributed by atoms with van der Waals surface area (Å²) < 4.78 is 6.15. The molecule has 6 nitrogen and oxygen atoms in total. The molecule has 0 aliphatic carbocycles. The Morgan fingerprint density at radius 3 is 1.43 bits per heavy atom. The minimum atomic E-state index is 0.621. The predicted octanol–water partition coefficient (Wildman–Crippen LogP) is 14.5. The number of rotatable bonds is 7. The normalized spacial score (nSPS) is 11.5. The molecule has 0 spiro atoms. The van der Waals surface area contributed by atoms with Crippen LogP contribution >= 0.6 is 0 Å². The first kappa shape index (κ1) is 36.3. The van der Waals surface area contributed by atoms with E-state index >= 15 is 0 Å². The van der Waals surface area contributed by atoms with Crippen molar-refractivity contribution in [3.63, 3.8) is 0 Å². The van der Waals surface area contributed by atoms with Gasteiger partial charge in [-0.25, -0.2) is 24.9 Å². The zero-order valence-electron chi connectivity index (χ0n) is 33.9. The zero-order chi connectivity index (χ0) is 41.7. The molecule has 63 heavy (non-hydrogen) atoms. The van der Waals surface area contributed by atoms with Crippen molar-refractivity contribution in [3.05, 3.63) is 212 Å². The van der Waals surface area contributed by atoms with E-state index in [4.69, 9.17) is 29.3 Å². The lowest BCUT2D eigenvalue weighted by Crippen LogP contribution is -2.00. The van der Waals surface area contributed by atoms with Crippen LogP contribution in [0.2, 0.25) is 0 Å². The van der Waals surface area contributed by atoms with Crippen molar-refractivity contribution in [1.82, 2.24) is 24.9 Å². The first-order valence-electron chi connectivity index (χ1n) is 21.0. The number of benzene rings is 9. The highest BCUT2D eigenvalue weighted by atomic mass is 16.3. The Kier molecular flexibility index (Phi) is 8.71. The summed E-state index contributed by atoms with van der Waals surface area (Å²) in [4.78, 5) is 25.3. The third kappa shape index (κ3) is 6.76. The standard InChI is InChI=1S/C57H35N5O/c1-3-12-36(13-4-1)37-28-30-41(31-29-37)56-60-55(40-14-5-2-6-15-40)61-57(62-56)45-19-10-17-43(33-45)39-26-24-38(25-27-39)42-16-9-18-44(32-42)46-21-11-22-49-54(46)59-50-34-48-47-20-7-8-23-52(47)63-53(48)35-51(50)58-49/h1-35H. The van der Waals surface area contributed by atoms with E-state index < -0.39 is 0 Å². The van der Waals surface area contributed by atoms with Gasteiger partial charge in [0, 0.05) is 39.1 Å². The average molecular weight is 806 g/mol. The van der Waals surface area contributed by atoms with E-state index in [1.165, 1.54) is 5.56 Å². The highest BCUT2D eigenvalue weighted by Gasteiger charge is 2.16. The second-order valence-corrected chi connectivity index (χ2v) is 15.7.